The molecular formula is C7H15NO. The van der Waals surface area contributed by atoms with E-state index in [0.29, 0.717) is 0 Å². The van der Waals surface area contributed by atoms with Gasteiger partial charge in [0.25, 0.3) is 0 Å². The lowest BCUT2D eigenvalue weighted by molar-refractivity contribution is 0.261. The smallest absolute Gasteiger partial charge is 0.0623 e. The number of hydrogen-bond acceptors (Lipinski definition) is 2. The fourth-order valence-electron chi connectivity index (χ4n) is 0.641. The van der Waals surface area contributed by atoms with Crippen molar-refractivity contribution in [2.45, 2.75) is 19.9 Å². The Bertz CT molecular complexity index is 90.9. The van der Waals surface area contributed by atoms with E-state index in [1.165, 1.54) is 0 Å². The Hall–Kier alpha value is -0.340. The van der Waals surface area contributed by atoms with Gasteiger partial charge < -0.3 is 10.4 Å². The Balaban J connectivity index is 3.54. The fraction of sp³-hybridized carbons (Fsp3) is 0.714. The van der Waals surface area contributed by atoms with Crippen LogP contribution < -0.4 is 5.32 Å². The van der Waals surface area contributed by atoms with Crippen molar-refractivity contribution in [3.63, 3.8) is 0 Å². The van der Waals surface area contributed by atoms with Crippen molar-refractivity contribution >= 4 is 0 Å². The first-order chi connectivity index (χ1) is 4.22. The summed E-state index contributed by atoms with van der Waals surface area (Å²) in [6, 6.07) is 0.0787. The quantitative estimate of drug-likeness (QED) is 0.543. The summed E-state index contributed by atoms with van der Waals surface area (Å²) in [7, 11) is 0. The molecule has 0 saturated heterocycles. The minimum atomic E-state index is 0.0787. The van der Waals surface area contributed by atoms with E-state index in [9.17, 15) is 0 Å². The predicted molar refractivity (Wildman–Crippen MR) is 39.4 cm³/mol. The molecule has 0 bridgehead atoms. The normalized spacial score (nSPS) is 13.2. The molecule has 2 heteroatoms. The molecule has 2 nitrogen and oxygen atoms in total. The summed E-state index contributed by atoms with van der Waals surface area (Å²) in [5.74, 6) is 0. The van der Waals surface area contributed by atoms with Crippen molar-refractivity contribution in [1.82, 2.24) is 5.32 Å². The van der Waals surface area contributed by atoms with E-state index in [1.54, 1.807) is 0 Å². The van der Waals surface area contributed by atoms with Crippen LogP contribution in [0.25, 0.3) is 0 Å². The highest BCUT2D eigenvalue weighted by Gasteiger charge is 2.03. The van der Waals surface area contributed by atoms with Crippen molar-refractivity contribution in [2.75, 3.05) is 13.2 Å². The highest BCUT2D eigenvalue weighted by Crippen LogP contribution is 1.94. The SMILES string of the molecule is C=C(C)C(CO)NCC. The van der Waals surface area contributed by atoms with Gasteiger partial charge in [0.1, 0.15) is 0 Å². The molecule has 0 aliphatic heterocycles. The molecular weight excluding hydrogens is 114 g/mol. The lowest BCUT2D eigenvalue weighted by atomic mass is 10.2. The molecule has 0 heterocycles. The summed E-state index contributed by atoms with van der Waals surface area (Å²) in [6.07, 6.45) is 0. The van der Waals surface area contributed by atoms with Crippen LogP contribution in [0.4, 0.5) is 0 Å². The van der Waals surface area contributed by atoms with Crippen molar-refractivity contribution in [1.29, 1.82) is 0 Å². The number of hydrogen-bond donors (Lipinski definition) is 2. The van der Waals surface area contributed by atoms with E-state index in [0.717, 1.165) is 12.1 Å². The second-order valence-electron chi connectivity index (χ2n) is 2.14. The van der Waals surface area contributed by atoms with Crippen molar-refractivity contribution in [3.05, 3.63) is 12.2 Å². The maximum Gasteiger partial charge on any atom is 0.0623 e. The van der Waals surface area contributed by atoms with Crippen LogP contribution in [-0.2, 0) is 0 Å². The molecule has 9 heavy (non-hydrogen) atoms. The van der Waals surface area contributed by atoms with Crippen LogP contribution in [0.3, 0.4) is 0 Å². The highest BCUT2D eigenvalue weighted by molar-refractivity contribution is 5.00. The Morgan fingerprint density at radius 2 is 2.33 bits per heavy atom. The summed E-state index contributed by atoms with van der Waals surface area (Å²) in [5, 5.41) is 11.8. The molecule has 0 aromatic carbocycles. The van der Waals surface area contributed by atoms with Gasteiger partial charge in [0.05, 0.1) is 12.6 Å². The minimum Gasteiger partial charge on any atom is -0.394 e. The molecule has 0 aliphatic carbocycles. The van der Waals surface area contributed by atoms with Gasteiger partial charge >= 0.3 is 0 Å². The van der Waals surface area contributed by atoms with Crippen molar-refractivity contribution in [2.24, 2.45) is 0 Å². The summed E-state index contributed by atoms with van der Waals surface area (Å²) >= 11 is 0. The van der Waals surface area contributed by atoms with Gasteiger partial charge in [-0.25, -0.2) is 0 Å². The van der Waals surface area contributed by atoms with E-state index in [-0.39, 0.29) is 12.6 Å². The number of aliphatic hydroxyl groups excluding tert-OH is 1. The first kappa shape index (κ1) is 8.66. The number of nitrogens with one attached hydrogen (secondary N) is 1. The largest absolute Gasteiger partial charge is 0.394 e. The predicted octanol–water partition coefficient (Wildman–Crippen LogP) is 0.533. The van der Waals surface area contributed by atoms with Crippen molar-refractivity contribution < 1.29 is 5.11 Å². The molecule has 0 aromatic heterocycles. The zero-order chi connectivity index (χ0) is 7.28. The number of aliphatic hydroxyl groups is 1. The molecule has 0 rings (SSSR count). The van der Waals surface area contributed by atoms with Crippen molar-refractivity contribution in [3.8, 4) is 0 Å². The zero-order valence-electron chi connectivity index (χ0n) is 6.15. The van der Waals surface area contributed by atoms with Gasteiger partial charge in [-0.05, 0) is 13.5 Å². The Labute approximate surface area is 56.6 Å². The van der Waals surface area contributed by atoms with E-state index < -0.39 is 0 Å². The lowest BCUT2D eigenvalue weighted by Crippen LogP contribution is -2.32. The molecule has 2 N–H and O–H groups in total. The minimum absolute atomic E-state index is 0.0787. The Morgan fingerprint density at radius 1 is 1.78 bits per heavy atom. The molecule has 0 spiro atoms. The molecule has 0 aliphatic rings. The highest BCUT2D eigenvalue weighted by atomic mass is 16.3. The van der Waals surface area contributed by atoms with Gasteiger partial charge in [-0.1, -0.05) is 19.1 Å². The van der Waals surface area contributed by atoms with E-state index >= 15 is 0 Å². The zero-order valence-corrected chi connectivity index (χ0v) is 6.15. The van der Waals surface area contributed by atoms with Gasteiger partial charge in [0.2, 0.25) is 0 Å². The van der Waals surface area contributed by atoms with Gasteiger partial charge in [-0.3, -0.25) is 0 Å². The second kappa shape index (κ2) is 4.53. The van der Waals surface area contributed by atoms with E-state index in [1.807, 2.05) is 13.8 Å². The van der Waals surface area contributed by atoms with Gasteiger partial charge in [0.15, 0.2) is 0 Å². The maximum absolute atomic E-state index is 8.70. The average Bonchev–Trinajstić information content (AvgIpc) is 1.82. The summed E-state index contributed by atoms with van der Waals surface area (Å²) in [6.45, 7) is 8.65. The van der Waals surface area contributed by atoms with Gasteiger partial charge in [-0.2, -0.15) is 0 Å². The van der Waals surface area contributed by atoms with Crippen LogP contribution in [0.1, 0.15) is 13.8 Å². The molecule has 0 amide bonds. The van der Waals surface area contributed by atoms with Crippen LogP contribution >= 0.6 is 0 Å². The summed E-state index contributed by atoms with van der Waals surface area (Å²) in [5.41, 5.74) is 0.986. The third-order valence-electron chi connectivity index (χ3n) is 1.23. The molecule has 54 valence electrons. The molecule has 0 radical (unpaired) electrons. The molecule has 0 aromatic rings. The standard InChI is InChI=1S/C7H15NO/c1-4-8-7(5-9)6(2)3/h7-9H,2,4-5H2,1,3H3. The number of likely N-dealkylation sites (N-methyl/N-ethyl adjacent to an activating group) is 1. The second-order valence-corrected chi connectivity index (χ2v) is 2.14. The molecule has 0 fully saturated rings. The lowest BCUT2D eigenvalue weighted by Gasteiger charge is -2.13. The molecule has 1 atom stereocenters. The van der Waals surface area contributed by atoms with E-state index in [4.69, 9.17) is 5.11 Å². The number of rotatable bonds is 4. The van der Waals surface area contributed by atoms with Gasteiger partial charge in [0, 0.05) is 0 Å². The molecule has 0 saturated carbocycles. The molecule has 1 unspecified atom stereocenters. The first-order valence-electron chi connectivity index (χ1n) is 3.22. The fourth-order valence-corrected chi connectivity index (χ4v) is 0.641. The van der Waals surface area contributed by atoms with Gasteiger partial charge in [-0.15, -0.1) is 0 Å². The topological polar surface area (TPSA) is 32.3 Å². The van der Waals surface area contributed by atoms with Crippen LogP contribution in [0, 0.1) is 0 Å². The monoisotopic (exact) mass is 129 g/mol. The summed E-state index contributed by atoms with van der Waals surface area (Å²) < 4.78 is 0. The average molecular weight is 129 g/mol. The first-order valence-corrected chi connectivity index (χ1v) is 3.22. The summed E-state index contributed by atoms with van der Waals surface area (Å²) in [4.78, 5) is 0. The Kier molecular flexibility index (Phi) is 4.36. The third-order valence-corrected chi connectivity index (χ3v) is 1.23. The Morgan fingerprint density at radius 3 is 2.44 bits per heavy atom. The van der Waals surface area contributed by atoms with Crippen LogP contribution in [-0.4, -0.2) is 24.3 Å². The third kappa shape index (κ3) is 3.27. The van der Waals surface area contributed by atoms with E-state index in [2.05, 4.69) is 11.9 Å². The van der Waals surface area contributed by atoms with Crippen LogP contribution in [0.15, 0.2) is 12.2 Å². The maximum atomic E-state index is 8.70. The van der Waals surface area contributed by atoms with Crippen LogP contribution in [0.2, 0.25) is 0 Å². The van der Waals surface area contributed by atoms with Crippen LogP contribution in [0.5, 0.6) is 0 Å².